The van der Waals surface area contributed by atoms with Crippen molar-refractivity contribution in [1.29, 1.82) is 0 Å². The van der Waals surface area contributed by atoms with Crippen LogP contribution in [-0.2, 0) is 0 Å². The lowest BCUT2D eigenvalue weighted by Crippen LogP contribution is -2.49. The number of rotatable bonds is 6. The maximum Gasteiger partial charge on any atom is 0.0754 e. The Morgan fingerprint density at radius 2 is 1.33 bits per heavy atom. The first-order valence-electron chi connectivity index (χ1n) is 8.63. The van der Waals surface area contributed by atoms with Gasteiger partial charge in [-0.3, -0.25) is 9.80 Å². The molecule has 0 aliphatic carbocycles. The van der Waals surface area contributed by atoms with Gasteiger partial charge in [-0.25, -0.2) is 0 Å². The van der Waals surface area contributed by atoms with Crippen LogP contribution in [0.1, 0.15) is 17.2 Å². The van der Waals surface area contributed by atoms with Crippen molar-refractivity contribution in [2.24, 2.45) is 0 Å². The monoisotopic (exact) mass is 342 g/mol. The third-order valence-electron chi connectivity index (χ3n) is 4.68. The molecule has 2 aromatic rings. The Kier molecular flexibility index (Phi) is 6.32. The van der Waals surface area contributed by atoms with Gasteiger partial charge in [0.15, 0.2) is 0 Å². The molecule has 1 aliphatic heterocycles. The molecule has 3 nitrogen and oxygen atoms in total. The van der Waals surface area contributed by atoms with E-state index in [-0.39, 0.29) is 6.10 Å². The molecule has 1 atom stereocenters. The van der Waals surface area contributed by atoms with Crippen molar-refractivity contribution in [3.63, 3.8) is 0 Å². The van der Waals surface area contributed by atoms with Crippen molar-refractivity contribution in [1.82, 2.24) is 9.80 Å². The fourth-order valence-corrected chi connectivity index (χ4v) is 3.56. The summed E-state index contributed by atoms with van der Waals surface area (Å²) in [6.07, 6.45) is -0.334. The highest BCUT2D eigenvalue weighted by molar-refractivity contribution is 7.80. The fraction of sp³-hybridized carbons (Fsp3) is 0.400. The predicted octanol–water partition coefficient (Wildman–Crippen LogP) is 2.68. The SMILES string of the molecule is OC(CS)CN1CCN(C(c2ccccc2)c2ccccc2)CC1. The van der Waals surface area contributed by atoms with Gasteiger partial charge in [-0.15, -0.1) is 0 Å². The zero-order valence-electron chi connectivity index (χ0n) is 14.0. The number of benzene rings is 2. The Labute approximate surface area is 150 Å². The number of aliphatic hydroxyl groups excluding tert-OH is 1. The quantitative estimate of drug-likeness (QED) is 0.790. The Morgan fingerprint density at radius 3 is 1.79 bits per heavy atom. The minimum absolute atomic E-state index is 0.296. The summed E-state index contributed by atoms with van der Waals surface area (Å²) in [4.78, 5) is 4.89. The van der Waals surface area contributed by atoms with Crippen molar-refractivity contribution in [2.75, 3.05) is 38.5 Å². The molecule has 1 heterocycles. The predicted molar refractivity (Wildman–Crippen MR) is 103 cm³/mol. The Morgan fingerprint density at radius 1 is 0.833 bits per heavy atom. The molecule has 3 rings (SSSR count). The minimum atomic E-state index is -0.334. The number of aliphatic hydroxyl groups is 1. The summed E-state index contributed by atoms with van der Waals surface area (Å²) in [6.45, 7) is 4.71. The number of hydrogen-bond donors (Lipinski definition) is 2. The van der Waals surface area contributed by atoms with Crippen LogP contribution in [0.4, 0.5) is 0 Å². The fourth-order valence-electron chi connectivity index (χ4n) is 3.44. The van der Waals surface area contributed by atoms with Crippen LogP contribution in [0.2, 0.25) is 0 Å². The molecule has 1 fully saturated rings. The van der Waals surface area contributed by atoms with Gasteiger partial charge >= 0.3 is 0 Å². The van der Waals surface area contributed by atoms with E-state index in [0.717, 1.165) is 32.7 Å². The molecule has 1 aliphatic rings. The van der Waals surface area contributed by atoms with Gasteiger partial charge in [0.1, 0.15) is 0 Å². The average Bonchev–Trinajstić information content (AvgIpc) is 2.65. The van der Waals surface area contributed by atoms with Crippen LogP contribution in [-0.4, -0.2) is 59.5 Å². The highest BCUT2D eigenvalue weighted by Gasteiger charge is 2.26. The van der Waals surface area contributed by atoms with E-state index in [0.29, 0.717) is 11.8 Å². The van der Waals surface area contributed by atoms with Crippen molar-refractivity contribution in [3.05, 3.63) is 71.8 Å². The molecule has 0 amide bonds. The van der Waals surface area contributed by atoms with Crippen molar-refractivity contribution in [3.8, 4) is 0 Å². The molecular weight excluding hydrogens is 316 g/mol. The second-order valence-electron chi connectivity index (χ2n) is 6.40. The van der Waals surface area contributed by atoms with E-state index in [2.05, 4.69) is 83.1 Å². The van der Waals surface area contributed by atoms with Crippen LogP contribution in [0.25, 0.3) is 0 Å². The van der Waals surface area contributed by atoms with E-state index in [9.17, 15) is 5.11 Å². The number of piperazine rings is 1. The third-order valence-corrected chi connectivity index (χ3v) is 5.10. The molecule has 24 heavy (non-hydrogen) atoms. The molecule has 1 N–H and O–H groups in total. The maximum absolute atomic E-state index is 9.81. The first kappa shape index (κ1) is 17.5. The second-order valence-corrected chi connectivity index (χ2v) is 6.76. The summed E-state index contributed by atoms with van der Waals surface area (Å²) < 4.78 is 0. The topological polar surface area (TPSA) is 26.7 Å². The van der Waals surface area contributed by atoms with Crippen LogP contribution in [0, 0.1) is 0 Å². The van der Waals surface area contributed by atoms with E-state index < -0.39 is 0 Å². The van der Waals surface area contributed by atoms with Crippen LogP contribution in [0.3, 0.4) is 0 Å². The Bertz CT molecular complexity index is 560. The molecule has 0 aromatic heterocycles. The summed E-state index contributed by atoms with van der Waals surface area (Å²) in [6, 6.07) is 21.8. The summed E-state index contributed by atoms with van der Waals surface area (Å²) >= 11 is 4.17. The van der Waals surface area contributed by atoms with Crippen LogP contribution < -0.4 is 0 Å². The molecule has 4 heteroatoms. The summed E-state index contributed by atoms with van der Waals surface area (Å²) in [7, 11) is 0. The first-order valence-corrected chi connectivity index (χ1v) is 9.26. The molecule has 1 saturated heterocycles. The van der Waals surface area contributed by atoms with E-state index in [1.54, 1.807) is 0 Å². The molecular formula is C20H26N2OS. The van der Waals surface area contributed by atoms with Gasteiger partial charge in [0.25, 0.3) is 0 Å². The van der Waals surface area contributed by atoms with Crippen LogP contribution >= 0.6 is 12.6 Å². The highest BCUT2D eigenvalue weighted by Crippen LogP contribution is 2.29. The molecule has 0 radical (unpaired) electrons. The van der Waals surface area contributed by atoms with Crippen LogP contribution in [0.5, 0.6) is 0 Å². The lowest BCUT2D eigenvalue weighted by atomic mass is 9.96. The maximum atomic E-state index is 9.81. The van der Waals surface area contributed by atoms with E-state index >= 15 is 0 Å². The van der Waals surface area contributed by atoms with Crippen molar-refractivity contribution < 1.29 is 5.11 Å². The minimum Gasteiger partial charge on any atom is -0.391 e. The van der Waals surface area contributed by atoms with Gasteiger partial charge in [-0.05, 0) is 11.1 Å². The van der Waals surface area contributed by atoms with Gasteiger partial charge in [0.2, 0.25) is 0 Å². The van der Waals surface area contributed by atoms with Gasteiger partial charge < -0.3 is 5.11 Å². The van der Waals surface area contributed by atoms with Gasteiger partial charge in [0.05, 0.1) is 12.1 Å². The van der Waals surface area contributed by atoms with Crippen LogP contribution in [0.15, 0.2) is 60.7 Å². The highest BCUT2D eigenvalue weighted by atomic mass is 32.1. The smallest absolute Gasteiger partial charge is 0.0754 e. The lowest BCUT2D eigenvalue weighted by Gasteiger charge is -2.40. The number of hydrogen-bond acceptors (Lipinski definition) is 4. The third kappa shape index (κ3) is 4.39. The average molecular weight is 343 g/mol. The number of thiol groups is 1. The summed E-state index contributed by atoms with van der Waals surface area (Å²) in [5, 5.41) is 9.81. The molecule has 0 saturated carbocycles. The zero-order valence-corrected chi connectivity index (χ0v) is 14.9. The molecule has 2 aromatic carbocycles. The summed E-state index contributed by atoms with van der Waals surface area (Å²) in [5.41, 5.74) is 2.68. The van der Waals surface area contributed by atoms with Gasteiger partial charge in [0, 0.05) is 38.5 Å². The zero-order chi connectivity index (χ0) is 16.8. The van der Waals surface area contributed by atoms with E-state index in [1.165, 1.54) is 11.1 Å². The second kappa shape index (κ2) is 8.67. The molecule has 1 unspecified atom stereocenters. The molecule has 0 spiro atoms. The van der Waals surface area contributed by atoms with E-state index in [4.69, 9.17) is 0 Å². The standard InChI is InChI=1S/C20H26N2OS/c23-19(16-24)15-21-11-13-22(14-12-21)20(17-7-3-1-4-8-17)18-9-5-2-6-10-18/h1-10,19-20,23-24H,11-16H2. The molecule has 0 bridgehead atoms. The van der Waals surface area contributed by atoms with Gasteiger partial charge in [-0.2, -0.15) is 12.6 Å². The molecule has 128 valence electrons. The largest absolute Gasteiger partial charge is 0.391 e. The van der Waals surface area contributed by atoms with E-state index in [1.807, 2.05) is 0 Å². The lowest BCUT2D eigenvalue weighted by molar-refractivity contribution is 0.0709. The summed E-state index contributed by atoms with van der Waals surface area (Å²) in [5.74, 6) is 0.525. The van der Waals surface area contributed by atoms with Gasteiger partial charge in [-0.1, -0.05) is 60.7 Å². The number of nitrogens with zero attached hydrogens (tertiary/aromatic N) is 2. The normalized spacial score (nSPS) is 18.0. The number of β-amino-alcohol motifs (C(OH)–C–C–N with tert-alkyl or cyclic N) is 1. The van der Waals surface area contributed by atoms with Crippen molar-refractivity contribution in [2.45, 2.75) is 12.1 Å². The Hall–Kier alpha value is -1.33. The first-order chi connectivity index (χ1) is 11.8. The van der Waals surface area contributed by atoms with Crippen molar-refractivity contribution >= 4 is 12.6 Å². The Balaban J connectivity index is 1.74.